The Kier molecular flexibility index (Phi) is 11.2. The number of aliphatic carboxylic acids is 1. The van der Waals surface area contributed by atoms with Gasteiger partial charge in [0.2, 0.25) is 11.7 Å². The highest BCUT2D eigenvalue weighted by Gasteiger charge is 2.33. The lowest BCUT2D eigenvalue weighted by atomic mass is 9.80. The molecule has 3 aromatic heterocycles. The molecule has 1 saturated heterocycles. The molecule has 0 bridgehead atoms. The average Bonchev–Trinajstić information content (AvgIpc) is 3.61. The molecule has 4 heterocycles. The smallest absolute Gasteiger partial charge is 0.416 e. The number of rotatable bonds is 11. The molecule has 302 valence electrons. The van der Waals surface area contributed by atoms with E-state index in [9.17, 15) is 37.5 Å². The van der Waals surface area contributed by atoms with E-state index in [0.717, 1.165) is 27.8 Å². The SMILES string of the molecule is CCc1c(N2CCN(C(=O)c3ncnc(C)c3OCc3ccccc3)CC2)c(=O)n2nc(C=C3CC(C(=O)O)C3)nc2n1CC(=O)Nc1ccc(C(F)(F)F)cc1Cl. The Morgan fingerprint density at radius 3 is 2.43 bits per heavy atom. The molecule has 0 spiro atoms. The summed E-state index contributed by atoms with van der Waals surface area (Å²) in [6.07, 6.45) is -0.869. The molecule has 19 heteroatoms. The number of nitrogens with zero attached hydrogens (tertiary/aromatic N) is 8. The summed E-state index contributed by atoms with van der Waals surface area (Å²) in [7, 11) is 0. The van der Waals surface area contributed by atoms with E-state index in [4.69, 9.17) is 16.3 Å². The first-order chi connectivity index (χ1) is 27.7. The van der Waals surface area contributed by atoms with Crippen LogP contribution in [0.2, 0.25) is 5.02 Å². The highest BCUT2D eigenvalue weighted by atomic mass is 35.5. The number of carboxylic acid groups (broad SMARTS) is 1. The molecule has 0 radical (unpaired) electrons. The van der Waals surface area contributed by atoms with Gasteiger partial charge in [0.15, 0.2) is 17.3 Å². The molecule has 15 nitrogen and oxygen atoms in total. The first-order valence-electron chi connectivity index (χ1n) is 18.4. The number of nitrogens with one attached hydrogen (secondary N) is 1. The normalized spacial score (nSPS) is 15.6. The van der Waals surface area contributed by atoms with Crippen LogP contribution in [0.1, 0.15) is 58.6 Å². The molecule has 2 aliphatic rings. The van der Waals surface area contributed by atoms with Gasteiger partial charge >= 0.3 is 12.1 Å². The molecule has 2 aromatic carbocycles. The number of aryl methyl sites for hydroxylation is 1. The number of hydrogen-bond acceptors (Lipinski definition) is 10. The Morgan fingerprint density at radius 1 is 1.05 bits per heavy atom. The predicted molar refractivity (Wildman–Crippen MR) is 206 cm³/mol. The number of carbonyl (C=O) groups excluding carboxylic acids is 2. The highest BCUT2D eigenvalue weighted by molar-refractivity contribution is 6.33. The van der Waals surface area contributed by atoms with Crippen molar-refractivity contribution in [1.82, 2.24) is 34.0 Å². The fraction of sp³-hybridized carbons (Fsp3) is 0.333. The van der Waals surface area contributed by atoms with Crippen LogP contribution in [0.15, 0.2) is 65.2 Å². The lowest BCUT2D eigenvalue weighted by molar-refractivity contribution is -0.143. The number of alkyl halides is 3. The van der Waals surface area contributed by atoms with Gasteiger partial charge in [-0.3, -0.25) is 19.2 Å². The van der Waals surface area contributed by atoms with Crippen LogP contribution < -0.4 is 20.5 Å². The van der Waals surface area contributed by atoms with Gasteiger partial charge in [0.1, 0.15) is 25.2 Å². The summed E-state index contributed by atoms with van der Waals surface area (Å²) in [5.74, 6) is -2.05. The van der Waals surface area contributed by atoms with Crippen molar-refractivity contribution in [1.29, 1.82) is 0 Å². The van der Waals surface area contributed by atoms with E-state index in [1.54, 1.807) is 24.8 Å². The van der Waals surface area contributed by atoms with Crippen LogP contribution in [0.4, 0.5) is 24.5 Å². The molecule has 0 unspecified atom stereocenters. The molecule has 1 saturated carbocycles. The van der Waals surface area contributed by atoms with Crippen LogP contribution in [0.5, 0.6) is 5.75 Å². The van der Waals surface area contributed by atoms with Gasteiger partial charge in [-0.25, -0.2) is 9.97 Å². The predicted octanol–water partition coefficient (Wildman–Crippen LogP) is 5.28. The van der Waals surface area contributed by atoms with E-state index in [1.807, 2.05) is 35.2 Å². The highest BCUT2D eigenvalue weighted by Crippen LogP contribution is 2.35. The molecule has 5 aromatic rings. The minimum Gasteiger partial charge on any atom is -0.485 e. The third-order valence-electron chi connectivity index (χ3n) is 10.0. The Bertz CT molecular complexity index is 2490. The van der Waals surface area contributed by atoms with Crippen molar-refractivity contribution in [2.24, 2.45) is 5.92 Å². The minimum atomic E-state index is -4.64. The number of carbonyl (C=O) groups is 3. The topological polar surface area (TPSA) is 177 Å². The van der Waals surface area contributed by atoms with E-state index in [2.05, 4.69) is 25.4 Å². The number of benzene rings is 2. The largest absolute Gasteiger partial charge is 0.485 e. The average molecular weight is 820 g/mol. The summed E-state index contributed by atoms with van der Waals surface area (Å²) < 4.78 is 48.4. The summed E-state index contributed by atoms with van der Waals surface area (Å²) in [6, 6.07) is 12.0. The van der Waals surface area contributed by atoms with Crippen molar-refractivity contribution < 1.29 is 37.4 Å². The van der Waals surface area contributed by atoms with Crippen molar-refractivity contribution >= 4 is 52.6 Å². The Labute approximate surface area is 333 Å². The van der Waals surface area contributed by atoms with E-state index in [1.165, 1.54) is 10.9 Å². The zero-order chi connectivity index (χ0) is 41.3. The Morgan fingerprint density at radius 2 is 1.78 bits per heavy atom. The molecule has 58 heavy (non-hydrogen) atoms. The van der Waals surface area contributed by atoms with Crippen molar-refractivity contribution in [3.63, 3.8) is 0 Å². The fourth-order valence-electron chi connectivity index (χ4n) is 6.98. The zero-order valence-electron chi connectivity index (χ0n) is 31.3. The third-order valence-corrected chi connectivity index (χ3v) is 10.4. The van der Waals surface area contributed by atoms with Crippen LogP contribution in [-0.2, 0) is 35.3 Å². The van der Waals surface area contributed by atoms with Gasteiger partial charge in [-0.2, -0.15) is 22.7 Å². The van der Waals surface area contributed by atoms with Crippen molar-refractivity contribution in [2.75, 3.05) is 36.4 Å². The second-order valence-corrected chi connectivity index (χ2v) is 14.3. The second kappa shape index (κ2) is 16.3. The van der Waals surface area contributed by atoms with Crippen molar-refractivity contribution in [3.05, 3.63) is 110 Å². The Hall–Kier alpha value is -6.30. The zero-order valence-corrected chi connectivity index (χ0v) is 32.0. The lowest BCUT2D eigenvalue weighted by Gasteiger charge is -2.36. The monoisotopic (exact) mass is 819 g/mol. The maximum Gasteiger partial charge on any atom is 0.416 e. The summed E-state index contributed by atoms with van der Waals surface area (Å²) in [4.78, 5) is 69.6. The molecule has 7 rings (SSSR count). The Balaban J connectivity index is 1.17. The second-order valence-electron chi connectivity index (χ2n) is 13.9. The number of fused-ring (bicyclic) bond motifs is 1. The number of carboxylic acids is 1. The number of ether oxygens (including phenoxy) is 1. The molecule has 2 N–H and O–H groups in total. The molecular formula is C39H37ClF3N9O6. The molecule has 1 aliphatic carbocycles. The van der Waals surface area contributed by atoms with Gasteiger partial charge in [-0.1, -0.05) is 54.4 Å². The molecule has 2 amide bonds. The molecular weight excluding hydrogens is 783 g/mol. The van der Waals surface area contributed by atoms with Gasteiger partial charge in [-0.15, -0.1) is 5.10 Å². The number of halogens is 4. The number of amides is 2. The first kappa shape index (κ1) is 39.9. The summed E-state index contributed by atoms with van der Waals surface area (Å²) in [6.45, 7) is 4.15. The van der Waals surface area contributed by atoms with Crippen LogP contribution in [0.25, 0.3) is 11.9 Å². The van der Waals surface area contributed by atoms with Crippen LogP contribution in [0, 0.1) is 12.8 Å². The minimum absolute atomic E-state index is 0.0243. The van der Waals surface area contributed by atoms with Crippen LogP contribution >= 0.6 is 11.6 Å². The van der Waals surface area contributed by atoms with Crippen molar-refractivity contribution in [2.45, 2.75) is 52.4 Å². The fourth-order valence-corrected chi connectivity index (χ4v) is 7.21. The van der Waals surface area contributed by atoms with Gasteiger partial charge in [0, 0.05) is 26.2 Å². The van der Waals surface area contributed by atoms with Gasteiger partial charge in [0.25, 0.3) is 11.5 Å². The van der Waals surface area contributed by atoms with E-state index in [0.29, 0.717) is 30.3 Å². The number of hydrogen-bond donors (Lipinski definition) is 2. The van der Waals surface area contributed by atoms with Crippen molar-refractivity contribution in [3.8, 4) is 5.75 Å². The van der Waals surface area contributed by atoms with Crippen LogP contribution in [-0.4, -0.2) is 83.1 Å². The maximum absolute atomic E-state index is 14.3. The maximum atomic E-state index is 14.3. The molecule has 1 aliphatic heterocycles. The number of aromatic nitrogens is 6. The molecule has 2 fully saturated rings. The number of anilines is 2. The molecule has 0 atom stereocenters. The summed E-state index contributed by atoms with van der Waals surface area (Å²) in [5, 5.41) is 16.0. The van der Waals surface area contributed by atoms with Gasteiger partial charge in [-0.05, 0) is 56.0 Å². The number of piperazine rings is 1. The first-order valence-corrected chi connectivity index (χ1v) is 18.7. The summed E-state index contributed by atoms with van der Waals surface area (Å²) in [5.41, 5.74) is 1.40. The van der Waals surface area contributed by atoms with Gasteiger partial charge < -0.3 is 29.5 Å². The summed E-state index contributed by atoms with van der Waals surface area (Å²) >= 11 is 6.13. The van der Waals surface area contributed by atoms with E-state index in [-0.39, 0.29) is 84.6 Å². The van der Waals surface area contributed by atoms with Crippen LogP contribution in [0.3, 0.4) is 0 Å². The third kappa shape index (κ3) is 8.23. The number of allylic oxidation sites excluding steroid dienone is 1. The standard InChI is InChI=1S/C39H37ClF3N9O6/c1-3-29-33(49-11-13-50(14-12-49)35(54)32-34(22(2)44-21-45-32)58-20-23-7-5-4-6-8-23)36(55)52-38(47-30(48-52)17-24-15-25(16-24)37(56)57)51(29)19-31(53)46-28-10-9-26(18-27(28)40)39(41,42)43/h4-10,17-18,21,25H,3,11-16,19-20H2,1-2H3,(H,46,53)(H,56,57). The lowest BCUT2D eigenvalue weighted by Crippen LogP contribution is -2.51. The van der Waals surface area contributed by atoms with Gasteiger partial charge in [0.05, 0.1) is 33.6 Å². The van der Waals surface area contributed by atoms with E-state index >= 15 is 0 Å². The van der Waals surface area contributed by atoms with E-state index < -0.39 is 41.6 Å². The quantitative estimate of drug-likeness (QED) is 0.177.